The van der Waals surface area contributed by atoms with Crippen molar-refractivity contribution in [3.05, 3.63) is 39.7 Å². The summed E-state index contributed by atoms with van der Waals surface area (Å²) in [5.74, 6) is -1.06. The molecule has 0 aliphatic carbocycles. The van der Waals surface area contributed by atoms with Gasteiger partial charge in [0.2, 0.25) is 0 Å². The fourth-order valence-electron chi connectivity index (χ4n) is 3.34. The number of rotatable bonds is 10. The number of aliphatic carboxylic acids is 1. The van der Waals surface area contributed by atoms with Crippen LogP contribution in [0, 0.1) is 12.8 Å². The summed E-state index contributed by atoms with van der Waals surface area (Å²) in [6.07, 6.45) is 2.18. The van der Waals surface area contributed by atoms with Crippen LogP contribution in [0.1, 0.15) is 58.1 Å². The minimum Gasteiger partial charge on any atom is -0.480 e. The Kier molecular flexibility index (Phi) is 8.03. The lowest BCUT2D eigenvalue weighted by Gasteiger charge is -2.21. The van der Waals surface area contributed by atoms with Crippen LogP contribution in [0.2, 0.25) is 0 Å². The Morgan fingerprint density at radius 3 is 2.53 bits per heavy atom. The van der Waals surface area contributed by atoms with Gasteiger partial charge in [0.1, 0.15) is 17.4 Å². The van der Waals surface area contributed by atoms with Gasteiger partial charge in [0.05, 0.1) is 0 Å². The number of carboxylic acid groups (broad SMARTS) is 1. The van der Waals surface area contributed by atoms with Crippen LogP contribution in [-0.2, 0) is 16.0 Å². The van der Waals surface area contributed by atoms with Gasteiger partial charge in [-0.05, 0) is 56.7 Å². The van der Waals surface area contributed by atoms with Crippen molar-refractivity contribution >= 4 is 22.8 Å². The predicted octanol–water partition coefficient (Wildman–Crippen LogP) is 3.83. The van der Waals surface area contributed by atoms with E-state index in [1.165, 1.54) is 6.07 Å². The molecule has 1 aromatic carbocycles. The smallest absolute Gasteiger partial charge is 0.336 e. The highest BCUT2D eigenvalue weighted by molar-refractivity contribution is 5.87. The van der Waals surface area contributed by atoms with E-state index in [4.69, 9.17) is 9.15 Å². The van der Waals surface area contributed by atoms with E-state index >= 15 is 0 Å². The lowest BCUT2D eigenvalue weighted by molar-refractivity contribution is -0.143. The Bertz CT molecular complexity index is 962. The maximum atomic E-state index is 12.5. The Balaban J connectivity index is 2.24. The fraction of sp³-hybridized carbons (Fsp3) is 0.522. The fourth-order valence-corrected chi connectivity index (χ4v) is 3.34. The molecule has 1 heterocycles. The van der Waals surface area contributed by atoms with Crippen molar-refractivity contribution in [3.63, 3.8) is 0 Å². The summed E-state index contributed by atoms with van der Waals surface area (Å²) in [4.78, 5) is 35.9. The molecule has 164 valence electrons. The molecular formula is C23H31NO6. The minimum absolute atomic E-state index is 0.121. The third-order valence-electron chi connectivity index (χ3n) is 4.99. The van der Waals surface area contributed by atoms with Crippen LogP contribution in [-0.4, -0.2) is 29.1 Å². The third kappa shape index (κ3) is 5.84. The Labute approximate surface area is 176 Å². The molecule has 7 heteroatoms. The highest BCUT2D eigenvalue weighted by atomic mass is 16.5. The number of ether oxygens (including phenoxy) is 1. The van der Waals surface area contributed by atoms with Crippen LogP contribution in [0.5, 0.6) is 5.75 Å². The number of carbonyl (C=O) groups is 2. The second-order valence-electron chi connectivity index (χ2n) is 8.05. The first-order valence-corrected chi connectivity index (χ1v) is 10.4. The van der Waals surface area contributed by atoms with Gasteiger partial charge in [-0.1, -0.05) is 27.2 Å². The molecule has 0 fully saturated rings. The lowest BCUT2D eigenvalue weighted by atomic mass is 10.0. The molecule has 2 atom stereocenters. The van der Waals surface area contributed by atoms with Crippen LogP contribution < -0.4 is 15.7 Å². The first-order chi connectivity index (χ1) is 14.1. The van der Waals surface area contributed by atoms with E-state index in [2.05, 4.69) is 12.2 Å². The molecule has 0 saturated heterocycles. The van der Waals surface area contributed by atoms with E-state index < -0.39 is 29.6 Å². The number of benzene rings is 1. The monoisotopic (exact) mass is 417 g/mol. The van der Waals surface area contributed by atoms with Gasteiger partial charge in [0, 0.05) is 17.0 Å². The van der Waals surface area contributed by atoms with Crippen molar-refractivity contribution in [2.75, 3.05) is 0 Å². The van der Waals surface area contributed by atoms with Crippen LogP contribution >= 0.6 is 0 Å². The molecule has 0 bridgehead atoms. The summed E-state index contributed by atoms with van der Waals surface area (Å²) in [6.45, 7) is 9.20. The van der Waals surface area contributed by atoms with E-state index in [0.29, 0.717) is 23.3 Å². The maximum absolute atomic E-state index is 12.5. The molecule has 7 nitrogen and oxygen atoms in total. The van der Waals surface area contributed by atoms with Gasteiger partial charge in [0.25, 0.3) is 5.91 Å². The summed E-state index contributed by atoms with van der Waals surface area (Å²) < 4.78 is 11.2. The molecule has 30 heavy (non-hydrogen) atoms. The summed E-state index contributed by atoms with van der Waals surface area (Å²) >= 11 is 0. The normalized spacial score (nSPS) is 13.3. The second-order valence-corrected chi connectivity index (χ2v) is 8.05. The lowest BCUT2D eigenvalue weighted by Crippen LogP contribution is -2.46. The zero-order valence-corrected chi connectivity index (χ0v) is 18.3. The maximum Gasteiger partial charge on any atom is 0.336 e. The molecule has 0 aliphatic rings. The number of hydrogen-bond donors (Lipinski definition) is 2. The van der Waals surface area contributed by atoms with E-state index in [-0.39, 0.29) is 5.92 Å². The summed E-state index contributed by atoms with van der Waals surface area (Å²) in [5, 5.41) is 12.7. The molecule has 0 radical (unpaired) electrons. The van der Waals surface area contributed by atoms with E-state index in [1.54, 1.807) is 19.9 Å². The number of hydrogen-bond acceptors (Lipinski definition) is 5. The molecule has 2 aromatic rings. The van der Waals surface area contributed by atoms with Gasteiger partial charge < -0.3 is 19.6 Å². The van der Waals surface area contributed by atoms with Crippen LogP contribution in [0.15, 0.2) is 27.4 Å². The van der Waals surface area contributed by atoms with Crippen molar-refractivity contribution in [2.45, 2.75) is 72.4 Å². The van der Waals surface area contributed by atoms with Gasteiger partial charge in [-0.25, -0.2) is 9.59 Å². The summed E-state index contributed by atoms with van der Waals surface area (Å²) in [5.41, 5.74) is 1.58. The number of aryl methyl sites for hydroxylation is 2. The Hall–Kier alpha value is -2.83. The van der Waals surface area contributed by atoms with Crippen molar-refractivity contribution < 1.29 is 23.8 Å². The zero-order valence-electron chi connectivity index (χ0n) is 18.3. The standard InChI is InChI=1S/C23H31NO6/c1-6-7-8-16-12-20(25)30-21-14(4)19(10-9-17(16)21)29-15(5)22(26)24-18(23(27)28)11-13(2)3/h9-10,12-13,15,18H,6-8,11H2,1-5H3,(H,24,26)(H,27,28)/t15-,18+/m1/s1. The third-order valence-corrected chi connectivity index (χ3v) is 4.99. The second kappa shape index (κ2) is 10.3. The molecule has 0 saturated carbocycles. The number of fused-ring (bicyclic) bond motifs is 1. The van der Waals surface area contributed by atoms with Crippen molar-refractivity contribution in [1.29, 1.82) is 0 Å². The first-order valence-electron chi connectivity index (χ1n) is 10.4. The van der Waals surface area contributed by atoms with E-state index in [0.717, 1.165) is 30.2 Å². The molecule has 0 spiro atoms. The number of amides is 1. The van der Waals surface area contributed by atoms with Crippen LogP contribution in [0.4, 0.5) is 0 Å². The van der Waals surface area contributed by atoms with Crippen molar-refractivity contribution in [1.82, 2.24) is 5.32 Å². The van der Waals surface area contributed by atoms with Gasteiger partial charge in [0.15, 0.2) is 6.10 Å². The zero-order chi connectivity index (χ0) is 22.4. The highest BCUT2D eigenvalue weighted by Crippen LogP contribution is 2.29. The first kappa shape index (κ1) is 23.4. The van der Waals surface area contributed by atoms with Gasteiger partial charge >= 0.3 is 11.6 Å². The van der Waals surface area contributed by atoms with Crippen molar-refractivity contribution in [2.24, 2.45) is 5.92 Å². The molecule has 0 aliphatic heterocycles. The minimum atomic E-state index is -1.08. The summed E-state index contributed by atoms with van der Waals surface area (Å²) in [6, 6.07) is 4.13. The van der Waals surface area contributed by atoms with Crippen LogP contribution in [0.3, 0.4) is 0 Å². The van der Waals surface area contributed by atoms with Crippen LogP contribution in [0.25, 0.3) is 11.0 Å². The van der Waals surface area contributed by atoms with E-state index in [1.807, 2.05) is 19.9 Å². The molecule has 1 aromatic heterocycles. The van der Waals surface area contributed by atoms with Crippen molar-refractivity contribution in [3.8, 4) is 5.75 Å². The Morgan fingerprint density at radius 1 is 1.23 bits per heavy atom. The SMILES string of the molecule is CCCCc1cc(=O)oc2c(C)c(O[C@H](C)C(=O)N[C@@H](CC(C)C)C(=O)O)ccc12. The molecule has 2 N–H and O–H groups in total. The Morgan fingerprint density at radius 2 is 1.93 bits per heavy atom. The average Bonchev–Trinajstić information content (AvgIpc) is 2.67. The number of unbranched alkanes of at least 4 members (excludes halogenated alkanes) is 1. The number of carboxylic acids is 1. The molecule has 0 unspecified atom stereocenters. The molecule has 2 rings (SSSR count). The van der Waals surface area contributed by atoms with E-state index in [9.17, 15) is 19.5 Å². The average molecular weight is 418 g/mol. The van der Waals surface area contributed by atoms with Gasteiger partial charge in [-0.3, -0.25) is 4.79 Å². The topological polar surface area (TPSA) is 106 Å². The molecule has 1 amide bonds. The predicted molar refractivity (Wildman–Crippen MR) is 115 cm³/mol. The number of nitrogens with one attached hydrogen (secondary N) is 1. The summed E-state index contributed by atoms with van der Waals surface area (Å²) in [7, 11) is 0. The van der Waals surface area contributed by atoms with Gasteiger partial charge in [-0.2, -0.15) is 0 Å². The molecular weight excluding hydrogens is 386 g/mol. The number of carbonyl (C=O) groups excluding carboxylic acids is 1. The quantitative estimate of drug-likeness (QED) is 0.569. The largest absolute Gasteiger partial charge is 0.480 e. The highest BCUT2D eigenvalue weighted by Gasteiger charge is 2.25. The van der Waals surface area contributed by atoms with Gasteiger partial charge in [-0.15, -0.1) is 0 Å².